The molecule has 5 nitrogen and oxygen atoms in total. The van der Waals surface area contributed by atoms with Gasteiger partial charge in [0.15, 0.2) is 0 Å². The number of para-hydroxylation sites is 2. The van der Waals surface area contributed by atoms with Gasteiger partial charge in [0, 0.05) is 6.54 Å². The molecular weight excluding hydrogens is 278 g/mol. The fourth-order valence-corrected chi connectivity index (χ4v) is 1.95. The molecule has 112 valence electrons. The molecule has 0 saturated heterocycles. The maximum atomic E-state index is 11.5. The van der Waals surface area contributed by atoms with Crippen molar-refractivity contribution in [1.29, 1.82) is 5.26 Å². The van der Waals surface area contributed by atoms with Gasteiger partial charge in [0.25, 0.3) is 0 Å². The van der Waals surface area contributed by atoms with Crippen LogP contribution in [0.1, 0.15) is 12.0 Å². The number of benzene rings is 2. The van der Waals surface area contributed by atoms with E-state index in [-0.39, 0.29) is 12.3 Å². The summed E-state index contributed by atoms with van der Waals surface area (Å²) in [6.07, 6.45) is -0.160. The number of hydrogen-bond acceptors (Lipinski definition) is 4. The summed E-state index contributed by atoms with van der Waals surface area (Å²) < 4.78 is 5.12. The smallest absolute Gasteiger partial charge is 0.238 e. The molecule has 0 unspecified atom stereocenters. The molecule has 0 bridgehead atoms. The van der Waals surface area contributed by atoms with Crippen LogP contribution in [0.25, 0.3) is 0 Å². The van der Waals surface area contributed by atoms with Crippen molar-refractivity contribution >= 4 is 17.3 Å². The Kier molecular flexibility index (Phi) is 5.38. The van der Waals surface area contributed by atoms with Crippen LogP contribution in [0.2, 0.25) is 0 Å². The fourth-order valence-electron chi connectivity index (χ4n) is 1.95. The highest BCUT2D eigenvalue weighted by molar-refractivity contribution is 5.95. The average molecular weight is 295 g/mol. The van der Waals surface area contributed by atoms with Gasteiger partial charge in [-0.2, -0.15) is 5.26 Å². The molecule has 0 spiro atoms. The number of ether oxygens (including phenoxy) is 1. The molecule has 0 aliphatic rings. The minimum Gasteiger partial charge on any atom is -0.497 e. The van der Waals surface area contributed by atoms with Gasteiger partial charge in [0.05, 0.1) is 24.6 Å². The zero-order valence-electron chi connectivity index (χ0n) is 12.3. The lowest BCUT2D eigenvalue weighted by Gasteiger charge is -2.12. The molecule has 0 aromatic heterocycles. The number of carbonyl (C=O) groups excluding carboxylic acids is 1. The van der Waals surface area contributed by atoms with Crippen LogP contribution in [0, 0.1) is 11.3 Å². The SMILES string of the molecule is COc1ccc(CNc2ccccc2NC(=O)CC#N)cc1. The largest absolute Gasteiger partial charge is 0.497 e. The first-order valence-corrected chi connectivity index (χ1v) is 6.85. The number of nitriles is 1. The van der Waals surface area contributed by atoms with E-state index < -0.39 is 0 Å². The summed E-state index contributed by atoms with van der Waals surface area (Å²) in [7, 11) is 1.63. The summed E-state index contributed by atoms with van der Waals surface area (Å²) in [6, 6.07) is 17.0. The second-order valence-electron chi connectivity index (χ2n) is 4.63. The summed E-state index contributed by atoms with van der Waals surface area (Å²) in [5.41, 5.74) is 2.57. The molecule has 0 radical (unpaired) electrons. The number of anilines is 2. The van der Waals surface area contributed by atoms with Crippen LogP contribution in [0.5, 0.6) is 5.75 Å². The van der Waals surface area contributed by atoms with E-state index in [2.05, 4.69) is 10.6 Å². The van der Waals surface area contributed by atoms with Gasteiger partial charge in [0.2, 0.25) is 5.91 Å². The molecule has 0 fully saturated rings. The standard InChI is InChI=1S/C17H17N3O2/c1-22-14-8-6-13(7-9-14)12-19-15-4-2-3-5-16(15)20-17(21)10-11-18/h2-9,19H,10,12H2,1H3,(H,20,21). The third-order valence-electron chi connectivity index (χ3n) is 3.08. The zero-order chi connectivity index (χ0) is 15.8. The van der Waals surface area contributed by atoms with Crippen LogP contribution in [0.4, 0.5) is 11.4 Å². The Morgan fingerprint density at radius 2 is 1.82 bits per heavy atom. The highest BCUT2D eigenvalue weighted by Gasteiger charge is 2.06. The Hall–Kier alpha value is -3.00. The van der Waals surface area contributed by atoms with E-state index in [1.165, 1.54) is 0 Å². The van der Waals surface area contributed by atoms with E-state index in [0.717, 1.165) is 17.0 Å². The van der Waals surface area contributed by atoms with Crippen molar-refractivity contribution in [2.45, 2.75) is 13.0 Å². The Bertz CT molecular complexity index is 675. The monoisotopic (exact) mass is 295 g/mol. The van der Waals surface area contributed by atoms with Crippen LogP contribution < -0.4 is 15.4 Å². The van der Waals surface area contributed by atoms with Gasteiger partial charge in [-0.25, -0.2) is 0 Å². The zero-order valence-corrected chi connectivity index (χ0v) is 12.3. The second-order valence-corrected chi connectivity index (χ2v) is 4.63. The Morgan fingerprint density at radius 1 is 1.14 bits per heavy atom. The van der Waals surface area contributed by atoms with Crippen molar-refractivity contribution in [3.63, 3.8) is 0 Å². The van der Waals surface area contributed by atoms with Gasteiger partial charge in [-0.05, 0) is 29.8 Å². The normalized spacial score (nSPS) is 9.64. The Balaban J connectivity index is 2.03. The van der Waals surface area contributed by atoms with E-state index in [9.17, 15) is 4.79 Å². The van der Waals surface area contributed by atoms with Gasteiger partial charge >= 0.3 is 0 Å². The van der Waals surface area contributed by atoms with E-state index in [1.807, 2.05) is 48.5 Å². The minimum absolute atomic E-state index is 0.160. The van der Waals surface area contributed by atoms with Gasteiger partial charge in [-0.15, -0.1) is 0 Å². The highest BCUT2D eigenvalue weighted by atomic mass is 16.5. The lowest BCUT2D eigenvalue weighted by atomic mass is 10.2. The van der Waals surface area contributed by atoms with Gasteiger partial charge in [0.1, 0.15) is 12.2 Å². The van der Waals surface area contributed by atoms with Gasteiger partial charge in [-0.3, -0.25) is 4.79 Å². The molecule has 2 rings (SSSR count). The predicted octanol–water partition coefficient (Wildman–Crippen LogP) is 3.16. The first-order valence-electron chi connectivity index (χ1n) is 6.85. The molecule has 0 saturated carbocycles. The van der Waals surface area contributed by atoms with Crippen LogP contribution in [0.3, 0.4) is 0 Å². The topological polar surface area (TPSA) is 74.2 Å². The Labute approximate surface area is 129 Å². The van der Waals surface area contributed by atoms with Crippen LogP contribution >= 0.6 is 0 Å². The van der Waals surface area contributed by atoms with E-state index in [0.29, 0.717) is 12.2 Å². The lowest BCUT2D eigenvalue weighted by molar-refractivity contribution is -0.115. The molecule has 2 aromatic rings. The molecule has 0 heterocycles. The maximum absolute atomic E-state index is 11.5. The van der Waals surface area contributed by atoms with Crippen molar-refractivity contribution in [3.8, 4) is 11.8 Å². The molecule has 2 N–H and O–H groups in total. The number of hydrogen-bond donors (Lipinski definition) is 2. The fraction of sp³-hybridized carbons (Fsp3) is 0.176. The third-order valence-corrected chi connectivity index (χ3v) is 3.08. The number of rotatable bonds is 6. The number of nitrogens with one attached hydrogen (secondary N) is 2. The molecule has 0 aliphatic heterocycles. The van der Waals surface area contributed by atoms with Crippen LogP contribution in [0.15, 0.2) is 48.5 Å². The first kappa shape index (κ1) is 15.4. The van der Waals surface area contributed by atoms with Crippen molar-refractivity contribution in [1.82, 2.24) is 0 Å². The number of nitrogens with zero attached hydrogens (tertiary/aromatic N) is 1. The van der Waals surface area contributed by atoms with Crippen molar-refractivity contribution in [2.75, 3.05) is 17.7 Å². The molecule has 5 heteroatoms. The van der Waals surface area contributed by atoms with Crippen molar-refractivity contribution < 1.29 is 9.53 Å². The molecular formula is C17H17N3O2. The number of carbonyl (C=O) groups is 1. The average Bonchev–Trinajstić information content (AvgIpc) is 2.55. The summed E-state index contributed by atoms with van der Waals surface area (Å²) >= 11 is 0. The maximum Gasteiger partial charge on any atom is 0.238 e. The summed E-state index contributed by atoms with van der Waals surface area (Å²) in [5.74, 6) is 0.495. The van der Waals surface area contributed by atoms with E-state index >= 15 is 0 Å². The summed E-state index contributed by atoms with van der Waals surface area (Å²) in [6.45, 7) is 0.620. The van der Waals surface area contributed by atoms with Crippen molar-refractivity contribution in [3.05, 3.63) is 54.1 Å². The summed E-state index contributed by atoms with van der Waals surface area (Å²) in [4.78, 5) is 11.5. The molecule has 22 heavy (non-hydrogen) atoms. The number of amides is 1. The third kappa shape index (κ3) is 4.25. The van der Waals surface area contributed by atoms with Crippen LogP contribution in [-0.4, -0.2) is 13.0 Å². The molecule has 2 aromatic carbocycles. The molecule has 0 aliphatic carbocycles. The minimum atomic E-state index is -0.318. The van der Waals surface area contributed by atoms with Crippen molar-refractivity contribution in [2.24, 2.45) is 0 Å². The number of methoxy groups -OCH3 is 1. The summed E-state index contributed by atoms with van der Waals surface area (Å²) in [5, 5.41) is 14.5. The van der Waals surface area contributed by atoms with E-state index in [4.69, 9.17) is 10.00 Å². The Morgan fingerprint density at radius 3 is 2.45 bits per heavy atom. The first-order chi connectivity index (χ1) is 10.7. The lowest BCUT2D eigenvalue weighted by Crippen LogP contribution is -2.12. The highest BCUT2D eigenvalue weighted by Crippen LogP contribution is 2.22. The quantitative estimate of drug-likeness (QED) is 0.858. The van der Waals surface area contributed by atoms with Crippen LogP contribution in [-0.2, 0) is 11.3 Å². The molecule has 1 amide bonds. The second kappa shape index (κ2) is 7.70. The van der Waals surface area contributed by atoms with E-state index in [1.54, 1.807) is 13.2 Å². The molecule has 0 atom stereocenters. The van der Waals surface area contributed by atoms with Gasteiger partial charge in [-0.1, -0.05) is 24.3 Å². The predicted molar refractivity (Wildman–Crippen MR) is 85.6 cm³/mol. The van der Waals surface area contributed by atoms with Gasteiger partial charge < -0.3 is 15.4 Å².